The largest absolute Gasteiger partial charge is 0.323 e. The van der Waals surface area contributed by atoms with Gasteiger partial charge in [-0.2, -0.15) is 0 Å². The minimum absolute atomic E-state index is 0.0653. The van der Waals surface area contributed by atoms with Gasteiger partial charge in [-0.25, -0.2) is 9.78 Å². The number of carbonyl (C=O) groups is 2. The number of rotatable bonds is 4. The third kappa shape index (κ3) is 4.10. The van der Waals surface area contributed by atoms with Crippen molar-refractivity contribution in [3.05, 3.63) is 81.2 Å². The van der Waals surface area contributed by atoms with Gasteiger partial charge in [0.2, 0.25) is 0 Å². The number of hydrogen-bond acceptors (Lipinski definition) is 5. The average molecular weight is 460 g/mol. The molecule has 4 aromatic rings. The molecule has 3 amide bonds. The molecule has 33 heavy (non-hydrogen) atoms. The van der Waals surface area contributed by atoms with Gasteiger partial charge in [0.15, 0.2) is 0 Å². The van der Waals surface area contributed by atoms with E-state index < -0.39 is 0 Å². The van der Waals surface area contributed by atoms with Gasteiger partial charge >= 0.3 is 6.03 Å². The molecule has 0 bridgehead atoms. The highest BCUT2D eigenvalue weighted by Gasteiger charge is 2.23. The standard InChI is InChI=1S/C24H21N5O3S/c1-14-19-22(28-18-8-5-13-29(18)23(19)31)33-20(14)21(30)25-16-9-11-17(12-10-16)27-24(32)26-15-6-3-2-4-7-15/h2-4,6-7,9-12H,5,8,13H2,1H3,(H,25,30)(H2,26,27,32). The first kappa shape index (κ1) is 20.9. The summed E-state index contributed by atoms with van der Waals surface area (Å²) in [6.45, 7) is 2.47. The van der Waals surface area contributed by atoms with Gasteiger partial charge in [0.25, 0.3) is 11.5 Å². The highest BCUT2D eigenvalue weighted by molar-refractivity contribution is 7.20. The van der Waals surface area contributed by atoms with Crippen molar-refractivity contribution in [1.29, 1.82) is 0 Å². The molecular weight excluding hydrogens is 438 g/mol. The minimum atomic E-state index is -0.357. The molecule has 1 aliphatic heterocycles. The van der Waals surface area contributed by atoms with E-state index in [-0.39, 0.29) is 17.5 Å². The Balaban J connectivity index is 1.29. The highest BCUT2D eigenvalue weighted by Crippen LogP contribution is 2.29. The fourth-order valence-electron chi connectivity index (χ4n) is 3.93. The lowest BCUT2D eigenvalue weighted by atomic mass is 10.2. The smallest absolute Gasteiger partial charge is 0.321 e. The van der Waals surface area contributed by atoms with Crippen LogP contribution in [0.1, 0.15) is 27.5 Å². The molecule has 166 valence electrons. The minimum Gasteiger partial charge on any atom is -0.321 e. The van der Waals surface area contributed by atoms with Gasteiger partial charge in [0, 0.05) is 30.0 Å². The van der Waals surface area contributed by atoms with Crippen LogP contribution in [0.2, 0.25) is 0 Å². The SMILES string of the molecule is Cc1c(C(=O)Nc2ccc(NC(=O)Nc3ccccc3)cc2)sc2nc3n(c(=O)c12)CCC3. The molecular formula is C24H21N5O3S. The molecule has 0 unspecified atom stereocenters. The lowest BCUT2D eigenvalue weighted by Gasteiger charge is -2.09. The zero-order chi connectivity index (χ0) is 22.9. The predicted molar refractivity (Wildman–Crippen MR) is 130 cm³/mol. The van der Waals surface area contributed by atoms with Crippen LogP contribution in [0.15, 0.2) is 59.4 Å². The van der Waals surface area contributed by atoms with E-state index in [1.165, 1.54) is 11.3 Å². The molecule has 2 aromatic carbocycles. The molecule has 0 fully saturated rings. The van der Waals surface area contributed by atoms with Crippen LogP contribution < -0.4 is 21.5 Å². The Hall–Kier alpha value is -3.98. The topological polar surface area (TPSA) is 105 Å². The summed E-state index contributed by atoms with van der Waals surface area (Å²) in [6, 6.07) is 15.6. The molecule has 8 nitrogen and oxygen atoms in total. The van der Waals surface area contributed by atoms with Gasteiger partial charge in [0.05, 0.1) is 10.3 Å². The summed E-state index contributed by atoms with van der Waals surface area (Å²) in [5.41, 5.74) is 2.45. The number of urea groups is 1. The van der Waals surface area contributed by atoms with Crippen molar-refractivity contribution < 1.29 is 9.59 Å². The number of nitrogens with zero attached hydrogens (tertiary/aromatic N) is 2. The highest BCUT2D eigenvalue weighted by atomic mass is 32.1. The normalized spacial score (nSPS) is 12.4. The van der Waals surface area contributed by atoms with Crippen molar-refractivity contribution in [3.8, 4) is 0 Å². The second kappa shape index (κ2) is 8.51. The lowest BCUT2D eigenvalue weighted by molar-refractivity contribution is 0.103. The van der Waals surface area contributed by atoms with E-state index in [4.69, 9.17) is 0 Å². The summed E-state index contributed by atoms with van der Waals surface area (Å²) in [7, 11) is 0. The maximum absolute atomic E-state index is 12.9. The van der Waals surface area contributed by atoms with E-state index in [0.717, 1.165) is 18.7 Å². The van der Waals surface area contributed by atoms with Crippen LogP contribution in [-0.2, 0) is 13.0 Å². The third-order valence-corrected chi connectivity index (χ3v) is 6.73. The maximum Gasteiger partial charge on any atom is 0.323 e. The van der Waals surface area contributed by atoms with E-state index in [2.05, 4.69) is 20.9 Å². The Bertz CT molecular complexity index is 1420. The molecule has 2 aromatic heterocycles. The maximum atomic E-state index is 12.9. The first-order valence-corrected chi connectivity index (χ1v) is 11.4. The number of carbonyl (C=O) groups excluding carboxylic acids is 2. The summed E-state index contributed by atoms with van der Waals surface area (Å²) in [5, 5.41) is 8.89. The quantitative estimate of drug-likeness (QED) is 0.414. The van der Waals surface area contributed by atoms with Crippen LogP contribution >= 0.6 is 11.3 Å². The van der Waals surface area contributed by atoms with Crippen molar-refractivity contribution in [2.75, 3.05) is 16.0 Å². The Morgan fingerprint density at radius 3 is 2.27 bits per heavy atom. The Morgan fingerprint density at radius 2 is 1.58 bits per heavy atom. The van der Waals surface area contributed by atoms with E-state index in [1.807, 2.05) is 18.2 Å². The first-order chi connectivity index (χ1) is 16.0. The molecule has 0 saturated carbocycles. The van der Waals surface area contributed by atoms with Gasteiger partial charge in [0.1, 0.15) is 10.7 Å². The molecule has 0 radical (unpaired) electrons. The van der Waals surface area contributed by atoms with Gasteiger partial charge in [-0.15, -0.1) is 11.3 Å². The molecule has 3 N–H and O–H groups in total. The number of thiophene rings is 1. The van der Waals surface area contributed by atoms with Crippen molar-refractivity contribution in [1.82, 2.24) is 9.55 Å². The van der Waals surface area contributed by atoms with Gasteiger partial charge < -0.3 is 16.0 Å². The molecule has 5 rings (SSSR count). The molecule has 0 aliphatic carbocycles. The fourth-order valence-corrected chi connectivity index (χ4v) is 5.02. The van der Waals surface area contributed by atoms with E-state index >= 15 is 0 Å². The number of anilines is 3. The molecule has 1 aliphatic rings. The average Bonchev–Trinajstić information content (AvgIpc) is 3.41. The number of amides is 3. The number of benzene rings is 2. The number of aromatic nitrogens is 2. The number of hydrogen-bond donors (Lipinski definition) is 3. The third-order valence-electron chi connectivity index (χ3n) is 5.55. The van der Waals surface area contributed by atoms with E-state index in [1.54, 1.807) is 47.9 Å². The van der Waals surface area contributed by atoms with Gasteiger partial charge in [-0.3, -0.25) is 14.2 Å². The number of para-hydroxylation sites is 1. The zero-order valence-electron chi connectivity index (χ0n) is 17.8. The van der Waals surface area contributed by atoms with Gasteiger partial charge in [-0.1, -0.05) is 18.2 Å². The summed E-state index contributed by atoms with van der Waals surface area (Å²) >= 11 is 1.24. The molecule has 0 atom stereocenters. The van der Waals surface area contributed by atoms with E-state index in [9.17, 15) is 14.4 Å². The predicted octanol–water partition coefficient (Wildman–Crippen LogP) is 4.61. The van der Waals surface area contributed by atoms with Gasteiger partial charge in [-0.05, 0) is 55.3 Å². The molecule has 9 heteroatoms. The van der Waals surface area contributed by atoms with Crippen LogP contribution in [0, 0.1) is 6.92 Å². The van der Waals surface area contributed by atoms with Crippen LogP contribution in [0.4, 0.5) is 21.9 Å². The van der Waals surface area contributed by atoms with Crippen LogP contribution in [0.5, 0.6) is 0 Å². The zero-order valence-corrected chi connectivity index (χ0v) is 18.7. The van der Waals surface area contributed by atoms with Crippen LogP contribution in [0.25, 0.3) is 10.2 Å². The second-order valence-corrected chi connectivity index (χ2v) is 8.80. The van der Waals surface area contributed by atoms with Crippen molar-refractivity contribution in [2.24, 2.45) is 0 Å². The summed E-state index contributed by atoms with van der Waals surface area (Å²) in [5.74, 6) is 0.502. The van der Waals surface area contributed by atoms with E-state index in [0.29, 0.717) is 44.3 Å². The Labute approximate surface area is 193 Å². The second-order valence-electron chi connectivity index (χ2n) is 7.80. The first-order valence-electron chi connectivity index (χ1n) is 10.6. The fraction of sp³-hybridized carbons (Fsp3) is 0.167. The monoisotopic (exact) mass is 459 g/mol. The Morgan fingerprint density at radius 1 is 0.939 bits per heavy atom. The van der Waals surface area contributed by atoms with Crippen LogP contribution in [0.3, 0.4) is 0 Å². The summed E-state index contributed by atoms with van der Waals surface area (Å²) in [6.07, 6.45) is 1.71. The summed E-state index contributed by atoms with van der Waals surface area (Å²) < 4.78 is 1.71. The number of aryl methyl sites for hydroxylation is 2. The van der Waals surface area contributed by atoms with Crippen molar-refractivity contribution in [2.45, 2.75) is 26.3 Å². The molecule has 3 heterocycles. The van der Waals surface area contributed by atoms with Crippen molar-refractivity contribution in [3.63, 3.8) is 0 Å². The van der Waals surface area contributed by atoms with Crippen molar-refractivity contribution >= 4 is 50.6 Å². The lowest BCUT2D eigenvalue weighted by Crippen LogP contribution is -2.20. The summed E-state index contributed by atoms with van der Waals surface area (Å²) in [4.78, 5) is 43.6. The number of fused-ring (bicyclic) bond motifs is 2. The number of nitrogens with one attached hydrogen (secondary N) is 3. The van der Waals surface area contributed by atoms with Crippen LogP contribution in [-0.4, -0.2) is 21.5 Å². The molecule has 0 spiro atoms. The molecule has 0 saturated heterocycles. The Kier molecular flexibility index (Phi) is 5.39.